The Hall–Kier alpha value is -0.760. The highest BCUT2D eigenvalue weighted by molar-refractivity contribution is 7.99. The van der Waals surface area contributed by atoms with E-state index in [4.69, 9.17) is 0 Å². The van der Waals surface area contributed by atoms with Gasteiger partial charge in [-0.05, 0) is 19.1 Å². The van der Waals surface area contributed by atoms with Gasteiger partial charge in [0, 0.05) is 61.6 Å². The number of hydrogen-bond acceptors (Lipinski definition) is 5. The van der Waals surface area contributed by atoms with Crippen molar-refractivity contribution in [2.24, 2.45) is 0 Å². The van der Waals surface area contributed by atoms with Gasteiger partial charge in [0.2, 0.25) is 5.91 Å². The fraction of sp³-hybridized carbons (Fsp3) is 0.625. The predicted molar refractivity (Wildman–Crippen MR) is 103 cm³/mol. The van der Waals surface area contributed by atoms with Crippen LogP contribution in [0.5, 0.6) is 0 Å². The highest BCUT2D eigenvalue weighted by Crippen LogP contribution is 2.18. The van der Waals surface area contributed by atoms with Crippen molar-refractivity contribution in [1.82, 2.24) is 15.1 Å². The highest BCUT2D eigenvalue weighted by atomic mass is 35.5. The van der Waals surface area contributed by atoms with Crippen LogP contribution < -0.4 is 5.32 Å². The Bertz CT molecular complexity index is 567. The normalized spacial score (nSPS) is 21.3. The van der Waals surface area contributed by atoms with Gasteiger partial charge in [-0.25, -0.2) is 0 Å². The van der Waals surface area contributed by atoms with Crippen LogP contribution in [0.25, 0.3) is 0 Å². The third-order valence-electron chi connectivity index (χ3n) is 4.29. The van der Waals surface area contributed by atoms with Crippen molar-refractivity contribution in [3.63, 3.8) is 0 Å². The van der Waals surface area contributed by atoms with Gasteiger partial charge < -0.3 is 15.1 Å². The lowest BCUT2D eigenvalue weighted by atomic mass is 10.2. The number of thiophene rings is 1. The third kappa shape index (κ3) is 4.88. The second kappa shape index (κ2) is 9.08. The van der Waals surface area contributed by atoms with Crippen LogP contribution in [0.3, 0.4) is 0 Å². The van der Waals surface area contributed by atoms with Gasteiger partial charge in [-0.1, -0.05) is 0 Å². The maximum Gasteiger partial charge on any atom is 0.264 e. The fourth-order valence-electron chi connectivity index (χ4n) is 2.95. The van der Waals surface area contributed by atoms with Gasteiger partial charge in [0.1, 0.15) is 0 Å². The molecule has 0 aliphatic carbocycles. The van der Waals surface area contributed by atoms with Gasteiger partial charge in [-0.3, -0.25) is 9.59 Å². The van der Waals surface area contributed by atoms with E-state index in [9.17, 15) is 9.59 Å². The molecule has 1 atom stereocenters. The maximum absolute atomic E-state index is 12.4. The molecule has 1 unspecified atom stereocenters. The Morgan fingerprint density at radius 3 is 2.50 bits per heavy atom. The Morgan fingerprint density at radius 2 is 1.92 bits per heavy atom. The van der Waals surface area contributed by atoms with E-state index in [1.54, 1.807) is 0 Å². The van der Waals surface area contributed by atoms with E-state index in [0.717, 1.165) is 27.8 Å². The van der Waals surface area contributed by atoms with Crippen LogP contribution in [-0.2, 0) is 4.79 Å². The first kappa shape index (κ1) is 19.6. The monoisotopic (exact) mass is 389 g/mol. The number of thioether (sulfide) groups is 1. The van der Waals surface area contributed by atoms with Crippen LogP contribution in [0.4, 0.5) is 0 Å². The molecule has 2 aliphatic rings. The number of aryl methyl sites for hydroxylation is 1. The zero-order chi connectivity index (χ0) is 16.2. The zero-order valence-corrected chi connectivity index (χ0v) is 16.3. The number of hydrogen-bond donors (Lipinski definition) is 1. The number of piperazine rings is 1. The standard InChI is InChI=1S/C16H23N3O2S2.ClH/c1-12-2-3-14(23-12)16(21)19-7-5-18(6-8-19)15(20)10-13-11-22-9-4-17-13;/h2-3,13,17H,4-11H2,1H3;1H. The van der Waals surface area contributed by atoms with Crippen molar-refractivity contribution in [2.45, 2.75) is 19.4 Å². The second-order valence-electron chi connectivity index (χ2n) is 6.01. The van der Waals surface area contributed by atoms with E-state index in [-0.39, 0.29) is 24.2 Å². The fourth-order valence-corrected chi connectivity index (χ4v) is 4.74. The molecule has 5 nitrogen and oxygen atoms in total. The summed E-state index contributed by atoms with van der Waals surface area (Å²) in [5, 5.41) is 3.41. The quantitative estimate of drug-likeness (QED) is 0.857. The molecule has 1 aromatic heterocycles. The molecule has 8 heteroatoms. The van der Waals surface area contributed by atoms with Crippen LogP contribution in [0.1, 0.15) is 21.0 Å². The first-order valence-electron chi connectivity index (χ1n) is 8.08. The molecule has 2 aliphatic heterocycles. The smallest absolute Gasteiger partial charge is 0.264 e. The Kier molecular flexibility index (Phi) is 7.40. The topological polar surface area (TPSA) is 52.7 Å². The summed E-state index contributed by atoms with van der Waals surface area (Å²) in [6.45, 7) is 5.56. The number of carbonyl (C=O) groups excluding carboxylic acids is 2. The lowest BCUT2D eigenvalue weighted by Crippen LogP contribution is -2.52. The minimum absolute atomic E-state index is 0. The van der Waals surface area contributed by atoms with Gasteiger partial charge in [0.05, 0.1) is 4.88 Å². The number of carbonyl (C=O) groups is 2. The summed E-state index contributed by atoms with van der Waals surface area (Å²) < 4.78 is 0. The number of nitrogens with one attached hydrogen (secondary N) is 1. The summed E-state index contributed by atoms with van der Waals surface area (Å²) in [5.41, 5.74) is 0. The Balaban J connectivity index is 0.00000208. The molecule has 1 N–H and O–H groups in total. The first-order chi connectivity index (χ1) is 11.1. The van der Waals surface area contributed by atoms with Gasteiger partial charge in [-0.15, -0.1) is 23.7 Å². The Morgan fingerprint density at radius 1 is 1.21 bits per heavy atom. The van der Waals surface area contributed by atoms with E-state index >= 15 is 0 Å². The summed E-state index contributed by atoms with van der Waals surface area (Å²) in [6.07, 6.45) is 0.574. The molecule has 0 radical (unpaired) electrons. The van der Waals surface area contributed by atoms with Crippen molar-refractivity contribution in [2.75, 3.05) is 44.2 Å². The van der Waals surface area contributed by atoms with E-state index in [2.05, 4.69) is 5.32 Å². The molecule has 0 saturated carbocycles. The number of amides is 2. The number of halogens is 1. The van der Waals surface area contributed by atoms with Crippen LogP contribution in [0.15, 0.2) is 12.1 Å². The van der Waals surface area contributed by atoms with E-state index < -0.39 is 0 Å². The summed E-state index contributed by atoms with van der Waals surface area (Å²) in [4.78, 5) is 30.5. The third-order valence-corrected chi connectivity index (χ3v) is 6.41. The minimum atomic E-state index is 0. The Labute approximate surface area is 157 Å². The van der Waals surface area contributed by atoms with Gasteiger partial charge in [0.15, 0.2) is 0 Å². The summed E-state index contributed by atoms with van der Waals surface area (Å²) in [6, 6.07) is 4.18. The van der Waals surface area contributed by atoms with Gasteiger partial charge in [-0.2, -0.15) is 11.8 Å². The molecule has 0 aromatic carbocycles. The average molecular weight is 390 g/mol. The molecule has 2 saturated heterocycles. The molecule has 3 rings (SSSR count). The molecule has 24 heavy (non-hydrogen) atoms. The van der Waals surface area contributed by atoms with Crippen molar-refractivity contribution >= 4 is 47.3 Å². The van der Waals surface area contributed by atoms with Gasteiger partial charge in [0.25, 0.3) is 5.91 Å². The van der Waals surface area contributed by atoms with Gasteiger partial charge >= 0.3 is 0 Å². The molecule has 134 valence electrons. The van der Waals surface area contributed by atoms with E-state index in [1.165, 1.54) is 11.3 Å². The van der Waals surface area contributed by atoms with Crippen molar-refractivity contribution in [1.29, 1.82) is 0 Å². The van der Waals surface area contributed by atoms with Crippen molar-refractivity contribution < 1.29 is 9.59 Å². The van der Waals surface area contributed by atoms with Crippen molar-refractivity contribution in [3.05, 3.63) is 21.9 Å². The summed E-state index contributed by atoms with van der Waals surface area (Å²) in [5.74, 6) is 2.46. The zero-order valence-electron chi connectivity index (χ0n) is 13.8. The average Bonchev–Trinajstić information content (AvgIpc) is 3.02. The largest absolute Gasteiger partial charge is 0.339 e. The molecule has 3 heterocycles. The minimum Gasteiger partial charge on any atom is -0.339 e. The summed E-state index contributed by atoms with van der Waals surface area (Å²) >= 11 is 3.45. The van der Waals surface area contributed by atoms with Crippen LogP contribution in [0.2, 0.25) is 0 Å². The SMILES string of the molecule is Cc1ccc(C(=O)N2CCN(C(=O)CC3CSCCN3)CC2)s1.Cl. The summed E-state index contributed by atoms with van der Waals surface area (Å²) in [7, 11) is 0. The number of rotatable bonds is 3. The molecule has 0 bridgehead atoms. The van der Waals surface area contributed by atoms with E-state index in [1.807, 2.05) is 40.6 Å². The highest BCUT2D eigenvalue weighted by Gasteiger charge is 2.27. The van der Waals surface area contributed by atoms with E-state index in [0.29, 0.717) is 38.6 Å². The predicted octanol–water partition coefficient (Wildman–Crippen LogP) is 1.86. The molecular weight excluding hydrogens is 366 g/mol. The van der Waals surface area contributed by atoms with Crippen LogP contribution in [0, 0.1) is 6.92 Å². The first-order valence-corrected chi connectivity index (χ1v) is 10.1. The molecule has 2 fully saturated rings. The molecule has 1 aromatic rings. The molecular formula is C16H24ClN3O2S2. The van der Waals surface area contributed by atoms with Crippen LogP contribution >= 0.6 is 35.5 Å². The number of nitrogens with zero attached hydrogens (tertiary/aromatic N) is 2. The lowest BCUT2D eigenvalue weighted by Gasteiger charge is -2.35. The maximum atomic E-state index is 12.4. The molecule has 2 amide bonds. The second-order valence-corrected chi connectivity index (χ2v) is 8.45. The van der Waals surface area contributed by atoms with Crippen molar-refractivity contribution in [3.8, 4) is 0 Å². The lowest BCUT2D eigenvalue weighted by molar-refractivity contribution is -0.133. The molecule has 0 spiro atoms. The van der Waals surface area contributed by atoms with Crippen LogP contribution in [-0.4, -0.2) is 71.9 Å².